The molecule has 3 unspecified atom stereocenters. The third kappa shape index (κ3) is 5.65. The van der Waals surface area contributed by atoms with Crippen molar-refractivity contribution in [3.8, 4) is 0 Å². The molecule has 35 heavy (non-hydrogen) atoms. The van der Waals surface area contributed by atoms with Crippen LogP contribution in [-0.4, -0.2) is 59.7 Å². The molecule has 1 saturated heterocycles. The average molecular weight is 482 g/mol. The highest BCUT2D eigenvalue weighted by Gasteiger charge is 2.35. The Bertz CT molecular complexity index is 1130. The smallest absolute Gasteiger partial charge is 0.267 e. The van der Waals surface area contributed by atoms with Gasteiger partial charge in [-0.2, -0.15) is 5.10 Å². The van der Waals surface area contributed by atoms with Gasteiger partial charge in [0.25, 0.3) is 11.8 Å². The van der Waals surface area contributed by atoms with Gasteiger partial charge in [-0.25, -0.2) is 4.39 Å². The first-order chi connectivity index (χ1) is 16.7. The number of rotatable bonds is 6. The molecule has 0 radical (unpaired) electrons. The molecule has 2 aliphatic heterocycles. The third-order valence-electron chi connectivity index (χ3n) is 5.95. The monoisotopic (exact) mass is 481 g/mol. The first kappa shape index (κ1) is 24.3. The summed E-state index contributed by atoms with van der Waals surface area (Å²) < 4.78 is 18.9. The summed E-state index contributed by atoms with van der Waals surface area (Å²) >= 11 is 0. The van der Waals surface area contributed by atoms with Crippen molar-refractivity contribution in [1.82, 2.24) is 10.2 Å². The number of nitrogens with one attached hydrogen (secondary N) is 1. The van der Waals surface area contributed by atoms with Crippen LogP contribution < -0.4 is 16.1 Å². The van der Waals surface area contributed by atoms with Gasteiger partial charge < -0.3 is 20.7 Å². The van der Waals surface area contributed by atoms with Crippen LogP contribution in [0, 0.1) is 5.82 Å². The molecule has 0 saturated carbocycles. The maximum atomic E-state index is 13.3. The van der Waals surface area contributed by atoms with Gasteiger partial charge in [-0.3, -0.25) is 19.4 Å². The number of hydrogen-bond donors (Lipinski definition) is 2. The van der Waals surface area contributed by atoms with Gasteiger partial charge in [0.05, 0.1) is 17.9 Å². The zero-order chi connectivity index (χ0) is 25.1. The Morgan fingerprint density at radius 3 is 2.29 bits per heavy atom. The summed E-state index contributed by atoms with van der Waals surface area (Å²) in [4.78, 5) is 39.2. The lowest BCUT2D eigenvalue weighted by molar-refractivity contribution is -0.119. The Balaban J connectivity index is 1.37. The number of ether oxygens (including phenoxy) is 1. The number of amides is 3. The number of benzene rings is 2. The number of nitrogens with zero attached hydrogens (tertiary/aromatic N) is 3. The second-order valence-electron chi connectivity index (χ2n) is 8.84. The lowest BCUT2D eigenvalue weighted by Crippen LogP contribution is -2.48. The van der Waals surface area contributed by atoms with Crippen LogP contribution in [0.5, 0.6) is 0 Å². The molecule has 0 spiro atoms. The zero-order valence-electron chi connectivity index (χ0n) is 19.6. The van der Waals surface area contributed by atoms with E-state index >= 15 is 0 Å². The van der Waals surface area contributed by atoms with Crippen LogP contribution in [0.1, 0.15) is 36.2 Å². The second-order valence-corrected chi connectivity index (χ2v) is 8.84. The number of hydrogen-bond acceptors (Lipinski definition) is 6. The lowest BCUT2D eigenvalue weighted by atomic mass is 10.1. The van der Waals surface area contributed by atoms with Crippen molar-refractivity contribution >= 4 is 29.1 Å². The molecule has 3 amide bonds. The number of halogens is 1. The summed E-state index contributed by atoms with van der Waals surface area (Å²) in [5, 5.41) is 8.38. The molecule has 2 aliphatic rings. The molecule has 4 rings (SSSR count). The molecule has 2 aromatic carbocycles. The topological polar surface area (TPSA) is 117 Å². The van der Waals surface area contributed by atoms with E-state index < -0.39 is 23.7 Å². The number of primary amides is 1. The molecule has 3 N–H and O–H groups in total. The van der Waals surface area contributed by atoms with Gasteiger partial charge >= 0.3 is 0 Å². The standard InChI is InChI=1S/C25H28FN5O4/c1-15-13-30(14-16(2)35-15)25(34)18-5-3-17(4-6-18)12-28-24(33)21-11-22(23(27)32)31(29-21)20-9-7-19(26)8-10-20/h3-10,15-16,22H,11-14H2,1-2H3,(H2,27,32)(H,28,33). The van der Waals surface area contributed by atoms with Crippen molar-refractivity contribution in [3.63, 3.8) is 0 Å². The van der Waals surface area contributed by atoms with E-state index in [1.54, 1.807) is 29.2 Å². The predicted molar refractivity (Wildman–Crippen MR) is 128 cm³/mol. The van der Waals surface area contributed by atoms with E-state index in [4.69, 9.17) is 10.5 Å². The first-order valence-corrected chi connectivity index (χ1v) is 11.4. The fourth-order valence-electron chi connectivity index (χ4n) is 4.28. The highest BCUT2D eigenvalue weighted by atomic mass is 19.1. The Morgan fingerprint density at radius 1 is 1.06 bits per heavy atom. The van der Waals surface area contributed by atoms with E-state index in [0.717, 1.165) is 5.56 Å². The number of morpholine rings is 1. The Labute approximate surface area is 202 Å². The largest absolute Gasteiger partial charge is 0.372 e. The highest BCUT2D eigenvalue weighted by Crippen LogP contribution is 2.25. The van der Waals surface area contributed by atoms with Crippen LogP contribution in [-0.2, 0) is 20.9 Å². The Hall–Kier alpha value is -3.79. The summed E-state index contributed by atoms with van der Waals surface area (Å²) in [5.41, 5.74) is 7.48. The van der Waals surface area contributed by atoms with Crippen LogP contribution in [0.25, 0.3) is 0 Å². The van der Waals surface area contributed by atoms with Crippen molar-refractivity contribution in [1.29, 1.82) is 0 Å². The molecule has 1 fully saturated rings. The van der Waals surface area contributed by atoms with Crippen LogP contribution >= 0.6 is 0 Å². The fourth-order valence-corrected chi connectivity index (χ4v) is 4.28. The number of carbonyl (C=O) groups is 3. The SMILES string of the molecule is CC1CN(C(=O)c2ccc(CNC(=O)C3=NN(c4ccc(F)cc4)C(C(N)=O)C3)cc2)CC(C)O1. The van der Waals surface area contributed by atoms with E-state index in [1.165, 1.54) is 29.3 Å². The number of nitrogens with two attached hydrogens (primary N) is 1. The molecule has 3 atom stereocenters. The lowest BCUT2D eigenvalue weighted by Gasteiger charge is -2.35. The molecular weight excluding hydrogens is 453 g/mol. The summed E-state index contributed by atoms with van der Waals surface area (Å²) in [7, 11) is 0. The van der Waals surface area contributed by atoms with E-state index in [-0.39, 0.29) is 36.8 Å². The second kappa shape index (κ2) is 10.2. The summed E-state index contributed by atoms with van der Waals surface area (Å²) in [6.45, 7) is 5.20. The van der Waals surface area contributed by atoms with Gasteiger partial charge in [0, 0.05) is 31.6 Å². The summed E-state index contributed by atoms with van der Waals surface area (Å²) in [6, 6.07) is 11.6. The third-order valence-corrected chi connectivity index (χ3v) is 5.95. The normalized spacial score (nSPS) is 22.0. The number of carbonyl (C=O) groups excluding carboxylic acids is 3. The Kier molecular flexibility index (Phi) is 7.11. The van der Waals surface area contributed by atoms with Crippen LogP contribution in [0.15, 0.2) is 53.6 Å². The molecular formula is C25H28FN5O4. The summed E-state index contributed by atoms with van der Waals surface area (Å²) in [6.07, 6.45) is 0.0233. The Morgan fingerprint density at radius 2 is 1.69 bits per heavy atom. The first-order valence-electron chi connectivity index (χ1n) is 11.4. The predicted octanol–water partition coefficient (Wildman–Crippen LogP) is 1.81. The molecule has 0 bridgehead atoms. The van der Waals surface area contributed by atoms with E-state index in [2.05, 4.69) is 10.4 Å². The van der Waals surface area contributed by atoms with E-state index in [9.17, 15) is 18.8 Å². The van der Waals surface area contributed by atoms with Crippen molar-refractivity contribution in [2.24, 2.45) is 10.8 Å². The molecule has 9 nitrogen and oxygen atoms in total. The van der Waals surface area contributed by atoms with Crippen molar-refractivity contribution in [3.05, 3.63) is 65.5 Å². The van der Waals surface area contributed by atoms with Crippen LogP contribution in [0.4, 0.5) is 10.1 Å². The summed E-state index contributed by atoms with van der Waals surface area (Å²) in [5.74, 6) is -1.55. The minimum absolute atomic E-state index is 0.0103. The van der Waals surface area contributed by atoms with Gasteiger partial charge in [0.1, 0.15) is 17.6 Å². The molecule has 0 aliphatic carbocycles. The molecule has 2 aromatic rings. The highest BCUT2D eigenvalue weighted by molar-refractivity contribution is 6.40. The van der Waals surface area contributed by atoms with E-state index in [1.807, 2.05) is 13.8 Å². The maximum absolute atomic E-state index is 13.3. The van der Waals surface area contributed by atoms with Crippen molar-refractivity contribution in [2.45, 2.75) is 45.1 Å². The molecule has 184 valence electrons. The van der Waals surface area contributed by atoms with Crippen molar-refractivity contribution < 1.29 is 23.5 Å². The van der Waals surface area contributed by atoms with Crippen molar-refractivity contribution in [2.75, 3.05) is 18.1 Å². The van der Waals surface area contributed by atoms with Gasteiger partial charge in [0.2, 0.25) is 5.91 Å². The average Bonchev–Trinajstić information content (AvgIpc) is 3.28. The van der Waals surface area contributed by atoms with Gasteiger partial charge in [-0.05, 0) is 55.8 Å². The van der Waals surface area contributed by atoms with Crippen LogP contribution in [0.2, 0.25) is 0 Å². The quantitative estimate of drug-likeness (QED) is 0.653. The zero-order valence-corrected chi connectivity index (χ0v) is 19.6. The minimum Gasteiger partial charge on any atom is -0.372 e. The number of anilines is 1. The molecule has 10 heteroatoms. The molecule has 2 heterocycles. The van der Waals surface area contributed by atoms with E-state index in [0.29, 0.717) is 24.3 Å². The maximum Gasteiger partial charge on any atom is 0.267 e. The number of hydrazone groups is 1. The van der Waals surface area contributed by atoms with Gasteiger partial charge in [-0.15, -0.1) is 0 Å². The van der Waals surface area contributed by atoms with Gasteiger partial charge in [0.15, 0.2) is 0 Å². The van der Waals surface area contributed by atoms with Gasteiger partial charge in [-0.1, -0.05) is 12.1 Å². The molecule has 0 aromatic heterocycles. The van der Waals surface area contributed by atoms with Crippen LogP contribution in [0.3, 0.4) is 0 Å². The fraction of sp³-hybridized carbons (Fsp3) is 0.360. The minimum atomic E-state index is -0.836.